The molecule has 51 heavy (non-hydrogen) atoms. The van der Waals surface area contributed by atoms with E-state index >= 15 is 0 Å². The van der Waals surface area contributed by atoms with Gasteiger partial charge in [-0.2, -0.15) is 0 Å². The minimum atomic E-state index is -4.32. The van der Waals surface area contributed by atoms with E-state index in [1.165, 1.54) is 29.9 Å². The summed E-state index contributed by atoms with van der Waals surface area (Å²) in [5.74, 6) is 0.244. The number of imidazole rings is 2. The summed E-state index contributed by atoms with van der Waals surface area (Å²) in [6, 6.07) is 0. The predicted octanol–water partition coefficient (Wildman–Crippen LogP) is 3.27. The Kier molecular flexibility index (Phi) is 9.64. The van der Waals surface area contributed by atoms with Gasteiger partial charge >= 0.3 is 13.6 Å². The van der Waals surface area contributed by atoms with Gasteiger partial charge in [0.15, 0.2) is 43.7 Å². The number of aromatic nitrogens is 8. The summed E-state index contributed by atoms with van der Waals surface area (Å²) in [6.07, 6.45) is -4.23. The summed E-state index contributed by atoms with van der Waals surface area (Å²) in [4.78, 5) is 25.1. The summed E-state index contributed by atoms with van der Waals surface area (Å²) in [7, 11) is -2.62. The first kappa shape index (κ1) is 37.1. The summed E-state index contributed by atoms with van der Waals surface area (Å²) < 4.78 is 74.1. The van der Waals surface area contributed by atoms with Gasteiger partial charge in [-0.05, 0) is 18.1 Å². The molecule has 3 aliphatic heterocycles. The summed E-state index contributed by atoms with van der Waals surface area (Å²) in [5.41, 5.74) is 13.1. The fourth-order valence-electron chi connectivity index (χ4n) is 5.87. The molecule has 5 N–H and O–H groups in total. The summed E-state index contributed by atoms with van der Waals surface area (Å²) in [6.45, 7) is 0.668. The second-order valence-electron chi connectivity index (χ2n) is 13.8. The Morgan fingerprint density at radius 1 is 0.824 bits per heavy atom. The quantitative estimate of drug-likeness (QED) is 0.113. The molecule has 0 amide bonds. The van der Waals surface area contributed by atoms with Crippen molar-refractivity contribution in [3.63, 3.8) is 0 Å². The maximum Gasteiger partial charge on any atom is 0.386 e. The fourth-order valence-corrected chi connectivity index (χ4v) is 10.1. The van der Waals surface area contributed by atoms with Gasteiger partial charge in [0.1, 0.15) is 60.3 Å². The lowest BCUT2D eigenvalue weighted by molar-refractivity contribution is -0.0574. The van der Waals surface area contributed by atoms with Crippen LogP contribution in [0.15, 0.2) is 25.3 Å². The molecule has 25 heteroatoms. The highest BCUT2D eigenvalue weighted by atomic mass is 32.7. The Bertz CT molecular complexity index is 2050. The van der Waals surface area contributed by atoms with E-state index in [4.69, 9.17) is 43.5 Å². The summed E-state index contributed by atoms with van der Waals surface area (Å²) >= 11 is 8.59. The monoisotopic (exact) mass is 804 g/mol. The third-order valence-corrected chi connectivity index (χ3v) is 17.2. The van der Waals surface area contributed by atoms with Crippen molar-refractivity contribution in [2.45, 2.75) is 88.0 Å². The SMILES string of the molecule is CC(C)(C)[Si](C)(C)OC1[C@H]2O[P@](=O)(S)OC[C@H]3O[C@@H](n4cnc5c(N)ncnc54)[C@H](O)[C@@H]3O[P@](=O)(S)OC[C@H]1O[C@H]2n1cnc2c(N)ncnc21. The van der Waals surface area contributed by atoms with E-state index in [9.17, 15) is 14.2 Å². The molecule has 4 aromatic heterocycles. The number of nitrogens with two attached hydrogens (primary N) is 2. The molecule has 20 nitrogen and oxygen atoms in total. The molecule has 278 valence electrons. The van der Waals surface area contributed by atoms with Gasteiger partial charge < -0.3 is 30.5 Å². The van der Waals surface area contributed by atoms with Gasteiger partial charge in [0, 0.05) is 0 Å². The first-order chi connectivity index (χ1) is 23.9. The predicted molar refractivity (Wildman–Crippen MR) is 190 cm³/mol. The van der Waals surface area contributed by atoms with Gasteiger partial charge in [-0.1, -0.05) is 45.3 Å². The number of aliphatic hydroxyl groups excluding tert-OH is 1. The minimum absolute atomic E-state index is 0.111. The van der Waals surface area contributed by atoms with Crippen molar-refractivity contribution >= 4 is 80.4 Å². The van der Waals surface area contributed by atoms with E-state index in [0.29, 0.717) is 11.2 Å². The Balaban J connectivity index is 1.25. The molecule has 3 fully saturated rings. The lowest BCUT2D eigenvalue weighted by Crippen LogP contribution is -2.50. The van der Waals surface area contributed by atoms with Crippen LogP contribution in [0.5, 0.6) is 0 Å². The average molecular weight is 805 g/mol. The van der Waals surface area contributed by atoms with Gasteiger partial charge in [-0.15, -0.1) is 0 Å². The lowest BCUT2D eigenvalue weighted by atomic mass is 10.1. The van der Waals surface area contributed by atoms with E-state index in [1.807, 2.05) is 33.9 Å². The van der Waals surface area contributed by atoms with Crippen molar-refractivity contribution in [3.8, 4) is 0 Å². The molecular weight excluding hydrogens is 767 g/mol. The largest absolute Gasteiger partial charge is 0.408 e. The van der Waals surface area contributed by atoms with Crippen LogP contribution in [-0.2, 0) is 41.1 Å². The van der Waals surface area contributed by atoms with E-state index in [-0.39, 0.29) is 27.8 Å². The maximum absolute atomic E-state index is 14.1. The average Bonchev–Trinajstić information content (AvgIpc) is 3.80. The normalized spacial score (nSPS) is 35.4. The van der Waals surface area contributed by atoms with Crippen LogP contribution < -0.4 is 11.5 Å². The minimum Gasteiger partial charge on any atom is -0.408 e. The first-order valence-corrected chi connectivity index (χ1v) is 24.0. The molecule has 0 radical (unpaired) electrons. The molecule has 0 aromatic carbocycles. The van der Waals surface area contributed by atoms with Crippen LogP contribution in [0.3, 0.4) is 0 Å². The molecule has 1 unspecified atom stereocenters. The highest BCUT2D eigenvalue weighted by molar-refractivity contribution is 8.44. The third kappa shape index (κ3) is 6.97. The first-order valence-electron chi connectivity index (χ1n) is 15.7. The van der Waals surface area contributed by atoms with Gasteiger partial charge in [0.05, 0.1) is 25.9 Å². The molecule has 0 aliphatic carbocycles. The number of nitrogen functional groups attached to an aromatic ring is 2. The Labute approximate surface area is 302 Å². The van der Waals surface area contributed by atoms with Gasteiger partial charge in [0.25, 0.3) is 0 Å². The Morgan fingerprint density at radius 2 is 1.31 bits per heavy atom. The molecule has 7 heterocycles. The van der Waals surface area contributed by atoms with Crippen LogP contribution in [0.25, 0.3) is 22.3 Å². The topological polar surface area (TPSA) is 258 Å². The number of hydrogen-bond acceptors (Lipinski definition) is 18. The van der Waals surface area contributed by atoms with E-state index < -0.39 is 84.2 Å². The Morgan fingerprint density at radius 3 is 1.86 bits per heavy atom. The molecule has 3 saturated heterocycles. The Hall–Kier alpha value is -2.24. The number of hydrogen-bond donors (Lipinski definition) is 5. The van der Waals surface area contributed by atoms with Crippen LogP contribution in [0.1, 0.15) is 33.2 Å². The molecule has 7 rings (SSSR count). The van der Waals surface area contributed by atoms with Crippen molar-refractivity contribution in [1.29, 1.82) is 0 Å². The lowest BCUT2D eigenvalue weighted by Gasteiger charge is -2.40. The number of rotatable bonds is 4. The van der Waals surface area contributed by atoms with Crippen LogP contribution >= 0.6 is 38.1 Å². The second kappa shape index (κ2) is 13.3. The van der Waals surface area contributed by atoms with Crippen LogP contribution in [0, 0.1) is 0 Å². The van der Waals surface area contributed by atoms with E-state index in [2.05, 4.69) is 54.4 Å². The number of fused-ring (bicyclic) bond motifs is 5. The van der Waals surface area contributed by atoms with Crippen LogP contribution in [-0.4, -0.2) is 102 Å². The second-order valence-corrected chi connectivity index (χ2v) is 24.3. The van der Waals surface area contributed by atoms with Crippen molar-refractivity contribution in [2.24, 2.45) is 0 Å². The number of anilines is 2. The molecule has 0 spiro atoms. The molecule has 10 atom stereocenters. The maximum atomic E-state index is 14.1. The standard InChI is InChI=1S/C26H38N10O10P2S2Si/c1-26(2,3)51(4,5)46-18-13-7-41-47(38,49)44-17-12(42-24(16(17)37)35-10-33-14-20(27)29-8-31-22(14)35)6-40-48(39,50)45-19(18)25(43-13)36-11-34-15-21(28)30-9-32-23(15)36/h8-13,16-19,24-25,37H,6-7H2,1-5H3,(H,38,49)(H,39,50)(H2,27,29,31)(H2,28,30,32)/t12-,13-,16-,17-,18?,19-,24-,25-,47-,48-/m1/s1. The van der Waals surface area contributed by atoms with Crippen molar-refractivity contribution in [1.82, 2.24) is 39.0 Å². The van der Waals surface area contributed by atoms with Gasteiger partial charge in [-0.25, -0.2) is 39.0 Å². The zero-order chi connectivity index (χ0) is 36.7. The number of nitrogens with zero attached hydrogens (tertiary/aromatic N) is 8. The highest BCUT2D eigenvalue weighted by Gasteiger charge is 2.56. The van der Waals surface area contributed by atoms with Crippen molar-refractivity contribution in [3.05, 3.63) is 25.3 Å². The molecule has 2 bridgehead atoms. The van der Waals surface area contributed by atoms with Crippen molar-refractivity contribution in [2.75, 3.05) is 24.7 Å². The summed E-state index contributed by atoms with van der Waals surface area (Å²) in [5, 5.41) is 11.2. The number of ether oxygens (including phenoxy) is 2. The number of aliphatic hydroxyl groups is 1. The van der Waals surface area contributed by atoms with Gasteiger partial charge in [-0.3, -0.25) is 27.2 Å². The molecule has 4 aromatic rings. The number of thiol groups is 2. The zero-order valence-electron chi connectivity index (χ0n) is 28.0. The fraction of sp³-hybridized carbons (Fsp3) is 0.615. The smallest absolute Gasteiger partial charge is 0.386 e. The van der Waals surface area contributed by atoms with Crippen molar-refractivity contribution < 1.29 is 46.2 Å². The van der Waals surface area contributed by atoms with E-state index in [0.717, 1.165) is 0 Å². The highest BCUT2D eigenvalue weighted by Crippen LogP contribution is 2.60. The van der Waals surface area contributed by atoms with Crippen LogP contribution in [0.4, 0.5) is 11.6 Å². The molecule has 3 aliphatic rings. The van der Waals surface area contributed by atoms with Crippen LogP contribution in [0.2, 0.25) is 18.1 Å². The van der Waals surface area contributed by atoms with E-state index in [1.54, 1.807) is 4.57 Å². The third-order valence-electron chi connectivity index (χ3n) is 9.47. The molecular formula is C26H38N10O10P2S2Si. The van der Waals surface area contributed by atoms with Gasteiger partial charge in [0.2, 0.25) is 0 Å². The molecule has 0 saturated carbocycles. The zero-order valence-corrected chi connectivity index (χ0v) is 32.6.